The van der Waals surface area contributed by atoms with Crippen molar-refractivity contribution < 1.29 is 5.11 Å². The molecule has 0 bridgehead atoms. The quantitative estimate of drug-likeness (QED) is 0.800. The lowest BCUT2D eigenvalue weighted by atomic mass is 9.99. The molecular formula is C17H22N6O. The molecular weight excluding hydrogens is 304 g/mol. The molecule has 0 aliphatic carbocycles. The van der Waals surface area contributed by atoms with Crippen LogP contribution >= 0.6 is 0 Å². The number of hydrogen-bond acceptors (Lipinski definition) is 5. The molecule has 0 amide bonds. The van der Waals surface area contributed by atoms with Gasteiger partial charge in [0.15, 0.2) is 0 Å². The summed E-state index contributed by atoms with van der Waals surface area (Å²) >= 11 is 0. The summed E-state index contributed by atoms with van der Waals surface area (Å²) in [4.78, 5) is 12.9. The van der Waals surface area contributed by atoms with Crippen molar-refractivity contribution in [2.24, 2.45) is 0 Å². The minimum Gasteiger partial charge on any atom is -0.493 e. The van der Waals surface area contributed by atoms with Crippen LogP contribution in [0.4, 0.5) is 0 Å². The molecule has 0 radical (unpaired) electrons. The maximum Gasteiger partial charge on any atom is 0.238 e. The van der Waals surface area contributed by atoms with Crippen LogP contribution in [0.25, 0.3) is 17.2 Å². The number of rotatable bonds is 3. The molecule has 0 atom stereocenters. The van der Waals surface area contributed by atoms with Crippen LogP contribution in [0, 0.1) is 0 Å². The summed E-state index contributed by atoms with van der Waals surface area (Å²) in [6.07, 6.45) is 8.72. The Morgan fingerprint density at radius 2 is 1.92 bits per heavy atom. The van der Waals surface area contributed by atoms with Crippen LogP contribution in [0.15, 0.2) is 31.1 Å². The molecule has 0 aliphatic rings. The molecule has 3 rings (SSSR count). The molecule has 0 unspecified atom stereocenters. The molecule has 0 saturated carbocycles. The van der Waals surface area contributed by atoms with Crippen molar-refractivity contribution in [2.75, 3.05) is 0 Å². The van der Waals surface area contributed by atoms with E-state index < -0.39 is 0 Å². The normalized spacial score (nSPS) is 12.1. The van der Waals surface area contributed by atoms with Crippen LogP contribution in [0.3, 0.4) is 0 Å². The van der Waals surface area contributed by atoms with E-state index in [9.17, 15) is 5.11 Å². The van der Waals surface area contributed by atoms with E-state index in [0.717, 1.165) is 5.56 Å². The molecule has 7 nitrogen and oxygen atoms in total. The topological polar surface area (TPSA) is 81.7 Å². The highest BCUT2D eigenvalue weighted by atomic mass is 16.3. The summed E-state index contributed by atoms with van der Waals surface area (Å²) in [7, 11) is 0. The van der Waals surface area contributed by atoms with Crippen LogP contribution in [-0.2, 0) is 5.54 Å². The lowest BCUT2D eigenvalue weighted by Crippen LogP contribution is -2.21. The number of imidazole rings is 1. The van der Waals surface area contributed by atoms with Gasteiger partial charge in [-0.2, -0.15) is 10.1 Å². The first-order valence-electron chi connectivity index (χ1n) is 7.92. The van der Waals surface area contributed by atoms with Gasteiger partial charge < -0.3 is 5.11 Å². The van der Waals surface area contributed by atoms with Gasteiger partial charge in [-0.25, -0.2) is 9.97 Å². The zero-order valence-electron chi connectivity index (χ0n) is 14.6. The van der Waals surface area contributed by atoms with Gasteiger partial charge in [-0.05, 0) is 26.7 Å². The fraction of sp³-hybridized carbons (Fsp3) is 0.412. The van der Waals surface area contributed by atoms with Gasteiger partial charge in [0.1, 0.15) is 6.33 Å². The van der Waals surface area contributed by atoms with Crippen LogP contribution in [0.2, 0.25) is 0 Å². The summed E-state index contributed by atoms with van der Waals surface area (Å²) in [5, 5.41) is 14.9. The fourth-order valence-corrected chi connectivity index (χ4v) is 2.50. The lowest BCUT2D eigenvalue weighted by molar-refractivity contribution is 0.355. The minimum atomic E-state index is -0.126. The van der Waals surface area contributed by atoms with E-state index in [-0.39, 0.29) is 17.3 Å². The molecule has 126 valence electrons. The summed E-state index contributed by atoms with van der Waals surface area (Å²) in [6.45, 7) is 10.3. The predicted molar refractivity (Wildman–Crippen MR) is 91.1 cm³/mol. The summed E-state index contributed by atoms with van der Waals surface area (Å²) in [6, 6.07) is 0. The summed E-state index contributed by atoms with van der Waals surface area (Å²) in [5.74, 6) is 0.449. The van der Waals surface area contributed by atoms with E-state index in [0.29, 0.717) is 17.2 Å². The summed E-state index contributed by atoms with van der Waals surface area (Å²) in [5.41, 5.74) is 2.13. The predicted octanol–water partition coefficient (Wildman–Crippen LogP) is 3.11. The molecule has 0 aliphatic heterocycles. The van der Waals surface area contributed by atoms with E-state index >= 15 is 0 Å². The van der Waals surface area contributed by atoms with Gasteiger partial charge in [0.2, 0.25) is 11.8 Å². The van der Waals surface area contributed by atoms with Crippen molar-refractivity contribution in [1.29, 1.82) is 0 Å². The van der Waals surface area contributed by atoms with Crippen LogP contribution in [0.1, 0.15) is 46.1 Å². The zero-order chi connectivity index (χ0) is 17.5. The lowest BCUT2D eigenvalue weighted by Gasteiger charge is -2.19. The van der Waals surface area contributed by atoms with Gasteiger partial charge in [-0.3, -0.25) is 9.25 Å². The van der Waals surface area contributed by atoms with Crippen molar-refractivity contribution in [1.82, 2.24) is 29.3 Å². The number of aromatic hydroxyl groups is 1. The highest BCUT2D eigenvalue weighted by Crippen LogP contribution is 2.34. The second-order valence-corrected chi connectivity index (χ2v) is 7.08. The first-order valence-corrected chi connectivity index (χ1v) is 7.92. The number of nitrogens with zero attached hydrogens (tertiary/aromatic N) is 6. The van der Waals surface area contributed by atoms with Gasteiger partial charge in [0.25, 0.3) is 0 Å². The molecule has 0 fully saturated rings. The Morgan fingerprint density at radius 1 is 1.17 bits per heavy atom. The second kappa shape index (κ2) is 5.74. The SMILES string of the molecule is CC(C)c1c(O)nc(-n2ccnc2)nc1-c1cnn(C(C)(C)C)c1. The molecule has 3 heterocycles. The minimum absolute atomic E-state index is 0.0118. The Labute approximate surface area is 141 Å². The van der Waals surface area contributed by atoms with Gasteiger partial charge >= 0.3 is 0 Å². The Balaban J connectivity index is 2.19. The molecule has 3 aromatic heterocycles. The largest absolute Gasteiger partial charge is 0.493 e. The Hall–Kier alpha value is -2.70. The summed E-state index contributed by atoms with van der Waals surface area (Å²) < 4.78 is 3.56. The molecule has 7 heteroatoms. The molecule has 0 aromatic carbocycles. The van der Waals surface area contributed by atoms with E-state index in [1.807, 2.05) is 24.7 Å². The van der Waals surface area contributed by atoms with Crippen molar-refractivity contribution in [3.8, 4) is 23.1 Å². The van der Waals surface area contributed by atoms with Crippen molar-refractivity contribution in [2.45, 2.75) is 46.1 Å². The molecule has 1 N–H and O–H groups in total. The Bertz CT molecular complexity index is 843. The van der Waals surface area contributed by atoms with Crippen LogP contribution in [-0.4, -0.2) is 34.4 Å². The molecule has 24 heavy (non-hydrogen) atoms. The van der Waals surface area contributed by atoms with Crippen LogP contribution in [0.5, 0.6) is 5.88 Å². The Kier molecular flexibility index (Phi) is 3.87. The maximum absolute atomic E-state index is 10.5. The van der Waals surface area contributed by atoms with Gasteiger partial charge in [-0.1, -0.05) is 13.8 Å². The third-order valence-corrected chi connectivity index (χ3v) is 3.77. The van der Waals surface area contributed by atoms with Crippen molar-refractivity contribution in [3.05, 3.63) is 36.7 Å². The smallest absolute Gasteiger partial charge is 0.238 e. The average molecular weight is 326 g/mol. The number of aromatic nitrogens is 6. The van der Waals surface area contributed by atoms with Crippen LogP contribution < -0.4 is 0 Å². The van der Waals surface area contributed by atoms with Crippen molar-refractivity contribution in [3.63, 3.8) is 0 Å². The van der Waals surface area contributed by atoms with Gasteiger partial charge in [-0.15, -0.1) is 0 Å². The monoisotopic (exact) mass is 326 g/mol. The maximum atomic E-state index is 10.5. The van der Waals surface area contributed by atoms with E-state index in [2.05, 4.69) is 40.8 Å². The number of hydrogen-bond donors (Lipinski definition) is 1. The molecule has 3 aromatic rings. The fourth-order valence-electron chi connectivity index (χ4n) is 2.50. The van der Waals surface area contributed by atoms with E-state index in [1.54, 1.807) is 29.5 Å². The standard InChI is InChI=1S/C17H22N6O/c1-11(2)13-14(12-8-19-23(9-12)17(3,4)5)20-16(21-15(13)24)22-7-6-18-10-22/h6-11H,1-5H3,(H,20,21,24). The van der Waals surface area contributed by atoms with E-state index in [1.165, 1.54) is 0 Å². The second-order valence-electron chi connectivity index (χ2n) is 7.08. The highest BCUT2D eigenvalue weighted by Gasteiger charge is 2.22. The highest BCUT2D eigenvalue weighted by molar-refractivity contribution is 5.65. The van der Waals surface area contributed by atoms with Gasteiger partial charge in [0.05, 0.1) is 17.4 Å². The van der Waals surface area contributed by atoms with E-state index in [4.69, 9.17) is 0 Å². The first-order chi connectivity index (χ1) is 11.3. The third kappa shape index (κ3) is 2.89. The average Bonchev–Trinajstić information content (AvgIpc) is 3.17. The van der Waals surface area contributed by atoms with Gasteiger partial charge in [0, 0.05) is 29.7 Å². The third-order valence-electron chi connectivity index (χ3n) is 3.77. The first kappa shape index (κ1) is 16.2. The Morgan fingerprint density at radius 3 is 2.46 bits per heavy atom. The zero-order valence-corrected chi connectivity index (χ0v) is 14.6. The molecule has 0 saturated heterocycles. The van der Waals surface area contributed by atoms with Crippen molar-refractivity contribution >= 4 is 0 Å². The molecule has 0 spiro atoms.